The Morgan fingerprint density at radius 1 is 1.03 bits per heavy atom. The van der Waals surface area contributed by atoms with E-state index in [4.69, 9.17) is 11.6 Å². The van der Waals surface area contributed by atoms with Gasteiger partial charge in [0.15, 0.2) is 0 Å². The number of halogens is 1. The molecule has 0 aliphatic carbocycles. The third-order valence-corrected chi connectivity index (χ3v) is 6.11. The van der Waals surface area contributed by atoms with Crippen LogP contribution in [0.3, 0.4) is 0 Å². The molecule has 0 radical (unpaired) electrons. The number of amides is 1. The second kappa shape index (κ2) is 10.0. The summed E-state index contributed by atoms with van der Waals surface area (Å²) in [5, 5.41) is 24.0. The number of aryl methyl sites for hydroxylation is 2. The van der Waals surface area contributed by atoms with Crippen molar-refractivity contribution >= 4 is 34.4 Å². The monoisotopic (exact) mass is 476 g/mol. The molecule has 7 heteroatoms. The Hall–Kier alpha value is -3.77. The molecule has 0 saturated heterocycles. The van der Waals surface area contributed by atoms with E-state index in [9.17, 15) is 19.8 Å². The lowest BCUT2D eigenvalue weighted by Gasteiger charge is -2.16. The number of carbonyl (C=O) groups excluding carboxylic acids is 1. The first-order valence-corrected chi connectivity index (χ1v) is 11.3. The fourth-order valence-corrected chi connectivity index (χ4v) is 4.29. The Kier molecular flexibility index (Phi) is 6.89. The summed E-state index contributed by atoms with van der Waals surface area (Å²) in [6, 6.07) is 20.9. The Labute approximate surface area is 202 Å². The van der Waals surface area contributed by atoms with E-state index in [2.05, 4.69) is 16.0 Å². The van der Waals surface area contributed by atoms with Crippen molar-refractivity contribution in [3.63, 3.8) is 0 Å². The second-order valence-electron chi connectivity index (χ2n) is 8.27. The van der Waals surface area contributed by atoms with Crippen LogP contribution >= 0.6 is 11.6 Å². The molecule has 1 unspecified atom stereocenters. The summed E-state index contributed by atoms with van der Waals surface area (Å²) in [6.07, 6.45) is 0.324. The van der Waals surface area contributed by atoms with E-state index in [-0.39, 0.29) is 24.5 Å². The van der Waals surface area contributed by atoms with Crippen molar-refractivity contribution in [2.75, 3.05) is 0 Å². The van der Waals surface area contributed by atoms with E-state index in [1.54, 1.807) is 36.4 Å². The van der Waals surface area contributed by atoms with Gasteiger partial charge in [0.1, 0.15) is 11.8 Å². The maximum atomic E-state index is 12.6. The number of para-hydroxylation sites is 1. The summed E-state index contributed by atoms with van der Waals surface area (Å²) >= 11 is 6.03. The van der Waals surface area contributed by atoms with E-state index in [0.717, 1.165) is 27.7 Å². The van der Waals surface area contributed by atoms with Gasteiger partial charge in [-0.2, -0.15) is 0 Å². The zero-order valence-electron chi connectivity index (χ0n) is 18.7. The number of hydrogen-bond donors (Lipinski definition) is 3. The van der Waals surface area contributed by atoms with Gasteiger partial charge in [0.25, 0.3) is 0 Å². The van der Waals surface area contributed by atoms with Gasteiger partial charge < -0.3 is 20.1 Å². The number of carbonyl (C=O) groups is 2. The third-order valence-electron chi connectivity index (χ3n) is 5.88. The smallest absolute Gasteiger partial charge is 0.326 e. The van der Waals surface area contributed by atoms with Crippen molar-refractivity contribution in [3.05, 3.63) is 89.1 Å². The number of hydrogen-bond acceptors (Lipinski definition) is 3. The molecule has 0 saturated carbocycles. The van der Waals surface area contributed by atoms with Gasteiger partial charge in [-0.25, -0.2) is 4.79 Å². The first kappa shape index (κ1) is 23.4. The molecule has 174 valence electrons. The second-order valence-corrected chi connectivity index (χ2v) is 8.70. The fraction of sp³-hybridized carbons (Fsp3) is 0.185. The van der Waals surface area contributed by atoms with Crippen LogP contribution in [0, 0.1) is 6.92 Å². The zero-order chi connectivity index (χ0) is 24.2. The van der Waals surface area contributed by atoms with Crippen molar-refractivity contribution < 1.29 is 19.8 Å². The first-order chi connectivity index (χ1) is 16.3. The van der Waals surface area contributed by atoms with Crippen molar-refractivity contribution in [2.45, 2.75) is 32.4 Å². The highest BCUT2D eigenvalue weighted by atomic mass is 35.5. The first-order valence-electron chi connectivity index (χ1n) is 11.0. The van der Waals surface area contributed by atoms with Crippen molar-refractivity contribution in [3.8, 4) is 16.9 Å². The molecule has 34 heavy (non-hydrogen) atoms. The van der Waals surface area contributed by atoms with Crippen molar-refractivity contribution in [1.29, 1.82) is 0 Å². The minimum absolute atomic E-state index is 0.110. The molecule has 0 aliphatic heterocycles. The number of fused-ring (bicyclic) bond motifs is 1. The van der Waals surface area contributed by atoms with Gasteiger partial charge in [-0.3, -0.25) is 4.79 Å². The average molecular weight is 477 g/mol. The summed E-state index contributed by atoms with van der Waals surface area (Å²) in [6.45, 7) is 2.46. The summed E-state index contributed by atoms with van der Waals surface area (Å²) in [4.78, 5) is 24.4. The molecule has 1 atom stereocenters. The number of benzene rings is 3. The maximum absolute atomic E-state index is 12.6. The quantitative estimate of drug-likeness (QED) is 0.327. The molecule has 4 aromatic rings. The number of nitrogens with zero attached hydrogens (tertiary/aromatic N) is 1. The van der Waals surface area contributed by atoms with Crippen LogP contribution in [0.25, 0.3) is 22.0 Å². The lowest BCUT2D eigenvalue weighted by Crippen LogP contribution is -2.42. The Morgan fingerprint density at radius 3 is 2.50 bits per heavy atom. The van der Waals surface area contributed by atoms with Crippen LogP contribution in [-0.2, 0) is 22.6 Å². The molecule has 3 aromatic carbocycles. The third kappa shape index (κ3) is 5.24. The van der Waals surface area contributed by atoms with Gasteiger partial charge in [-0.15, -0.1) is 0 Å². The van der Waals surface area contributed by atoms with E-state index >= 15 is 0 Å². The number of rotatable bonds is 8. The van der Waals surface area contributed by atoms with Crippen LogP contribution in [0.1, 0.15) is 17.7 Å². The fourth-order valence-electron chi connectivity index (χ4n) is 4.12. The summed E-state index contributed by atoms with van der Waals surface area (Å²) in [7, 11) is 0. The van der Waals surface area contributed by atoms with Crippen LogP contribution in [0.15, 0.2) is 72.8 Å². The molecule has 1 aromatic heterocycles. The molecule has 1 amide bonds. The van der Waals surface area contributed by atoms with Gasteiger partial charge >= 0.3 is 5.97 Å². The van der Waals surface area contributed by atoms with Gasteiger partial charge in [0.05, 0.1) is 0 Å². The summed E-state index contributed by atoms with van der Waals surface area (Å²) < 4.78 is 2.06. The molecular formula is C27H25ClN2O4. The van der Waals surface area contributed by atoms with E-state index in [1.807, 2.05) is 31.2 Å². The Morgan fingerprint density at radius 2 is 1.76 bits per heavy atom. The lowest BCUT2D eigenvalue weighted by molar-refractivity contribution is -0.141. The minimum atomic E-state index is -1.09. The Bertz CT molecular complexity index is 1340. The number of nitrogens with one attached hydrogen (secondary N) is 1. The van der Waals surface area contributed by atoms with Crippen molar-refractivity contribution in [1.82, 2.24) is 9.88 Å². The predicted octanol–water partition coefficient (Wildman–Crippen LogP) is 5.18. The number of carboxylic acids is 1. The molecule has 0 fully saturated rings. The van der Waals surface area contributed by atoms with Crippen molar-refractivity contribution in [2.24, 2.45) is 0 Å². The predicted molar refractivity (Wildman–Crippen MR) is 133 cm³/mol. The molecule has 4 rings (SSSR count). The summed E-state index contributed by atoms with van der Waals surface area (Å²) in [5.74, 6) is -1.30. The number of phenolic OH excluding ortho intramolecular Hbond substituents is 1. The SMILES string of the molecule is Cc1cc2ccccc2n1CCC(=O)NC(Cc1ccc(-c2cc(Cl)ccc2O)cc1)C(=O)O. The molecule has 1 heterocycles. The standard InChI is InChI=1S/C27H25ClN2O4/c1-17-14-20-4-2-3-5-24(20)30(17)13-12-26(32)29-23(27(33)34)15-18-6-8-19(9-7-18)22-16-21(28)10-11-25(22)31/h2-11,14,16,23,31H,12-13,15H2,1H3,(H,29,32)(H,33,34). The number of phenols is 1. The normalized spacial score (nSPS) is 11.9. The van der Waals surface area contributed by atoms with Crippen LogP contribution < -0.4 is 5.32 Å². The van der Waals surface area contributed by atoms with E-state index < -0.39 is 12.0 Å². The van der Waals surface area contributed by atoms with Gasteiger partial charge in [-0.1, -0.05) is 54.1 Å². The molecule has 0 aliphatic rings. The number of aliphatic carboxylic acids is 1. The van der Waals surface area contributed by atoms with Crippen LogP contribution in [0.4, 0.5) is 0 Å². The molecule has 0 bridgehead atoms. The number of aromatic hydroxyl groups is 1. The average Bonchev–Trinajstić information content (AvgIpc) is 3.14. The highest BCUT2D eigenvalue weighted by Gasteiger charge is 2.21. The lowest BCUT2D eigenvalue weighted by atomic mass is 10.00. The maximum Gasteiger partial charge on any atom is 0.326 e. The summed E-state index contributed by atoms with van der Waals surface area (Å²) in [5.41, 5.74) is 4.21. The van der Waals surface area contributed by atoms with E-state index in [1.165, 1.54) is 6.07 Å². The zero-order valence-corrected chi connectivity index (χ0v) is 19.4. The highest BCUT2D eigenvalue weighted by molar-refractivity contribution is 6.31. The molecule has 3 N–H and O–H groups in total. The van der Waals surface area contributed by atoms with Gasteiger partial charge in [0, 0.05) is 41.2 Å². The van der Waals surface area contributed by atoms with Gasteiger partial charge in [-0.05, 0) is 53.8 Å². The number of carboxylic acid groups (broad SMARTS) is 1. The largest absolute Gasteiger partial charge is 0.507 e. The highest BCUT2D eigenvalue weighted by Crippen LogP contribution is 2.31. The van der Waals surface area contributed by atoms with Crippen LogP contribution in [0.5, 0.6) is 5.75 Å². The Balaban J connectivity index is 1.40. The van der Waals surface area contributed by atoms with Crippen LogP contribution in [-0.4, -0.2) is 32.7 Å². The minimum Gasteiger partial charge on any atom is -0.507 e. The molecule has 0 spiro atoms. The molecule has 6 nitrogen and oxygen atoms in total. The molecular weight excluding hydrogens is 452 g/mol. The van der Waals surface area contributed by atoms with Gasteiger partial charge in [0.2, 0.25) is 5.91 Å². The topological polar surface area (TPSA) is 91.6 Å². The number of aromatic nitrogens is 1. The van der Waals surface area contributed by atoms with E-state index in [0.29, 0.717) is 17.1 Å². The van der Waals surface area contributed by atoms with Crippen LogP contribution in [0.2, 0.25) is 5.02 Å².